The van der Waals surface area contributed by atoms with E-state index in [2.05, 4.69) is 20.1 Å². The molecule has 2 N–H and O–H groups in total. The molecule has 31 heavy (non-hydrogen) atoms. The van der Waals surface area contributed by atoms with Crippen LogP contribution < -0.4 is 5.32 Å². The van der Waals surface area contributed by atoms with Crippen molar-refractivity contribution in [1.29, 1.82) is 0 Å². The second-order valence-electron chi connectivity index (χ2n) is 8.74. The molecule has 8 nitrogen and oxygen atoms in total. The average molecular weight is 451 g/mol. The summed E-state index contributed by atoms with van der Waals surface area (Å²) in [6, 6.07) is 6.88. The van der Waals surface area contributed by atoms with E-state index in [1.165, 1.54) is 6.26 Å². The van der Waals surface area contributed by atoms with E-state index in [1.807, 2.05) is 20.8 Å². The molecule has 1 aromatic heterocycles. The van der Waals surface area contributed by atoms with Gasteiger partial charge in [-0.15, -0.1) is 0 Å². The van der Waals surface area contributed by atoms with E-state index >= 15 is 0 Å². The molecule has 1 atom stereocenters. The van der Waals surface area contributed by atoms with Gasteiger partial charge in [-0.1, -0.05) is 11.6 Å². The molecule has 170 valence electrons. The van der Waals surface area contributed by atoms with Crippen LogP contribution in [0, 0.1) is 0 Å². The number of ether oxygens (including phenoxy) is 1. The van der Waals surface area contributed by atoms with Crippen LogP contribution in [-0.4, -0.2) is 76.8 Å². The van der Waals surface area contributed by atoms with Gasteiger partial charge in [0, 0.05) is 43.4 Å². The minimum Gasteiger partial charge on any atom is -0.447 e. The van der Waals surface area contributed by atoms with Gasteiger partial charge < -0.3 is 19.6 Å². The summed E-state index contributed by atoms with van der Waals surface area (Å²) in [6.07, 6.45) is 0.877. The SMILES string of the molecule is CC(C)(C)OCC(O)CN1CCN(Cc2nc(C(=O)Nc3ccc(Cl)cc3)co2)CC1. The second-order valence-corrected chi connectivity index (χ2v) is 9.18. The molecule has 1 aliphatic heterocycles. The number of amides is 1. The van der Waals surface area contributed by atoms with E-state index < -0.39 is 6.10 Å². The normalized spacial score (nSPS) is 16.9. The van der Waals surface area contributed by atoms with Gasteiger partial charge in [0.2, 0.25) is 5.89 Å². The van der Waals surface area contributed by atoms with Crippen molar-refractivity contribution in [3.63, 3.8) is 0 Å². The summed E-state index contributed by atoms with van der Waals surface area (Å²) in [5, 5.41) is 13.6. The van der Waals surface area contributed by atoms with Crippen molar-refractivity contribution in [3.05, 3.63) is 47.1 Å². The highest BCUT2D eigenvalue weighted by Crippen LogP contribution is 2.15. The quantitative estimate of drug-likeness (QED) is 0.638. The zero-order valence-electron chi connectivity index (χ0n) is 18.3. The highest BCUT2D eigenvalue weighted by atomic mass is 35.5. The van der Waals surface area contributed by atoms with Crippen LogP contribution >= 0.6 is 11.6 Å². The Hall–Kier alpha value is -1.97. The molecule has 1 saturated heterocycles. The maximum Gasteiger partial charge on any atom is 0.277 e. The molecule has 0 radical (unpaired) electrons. The predicted octanol–water partition coefficient (Wildman–Crippen LogP) is 2.87. The van der Waals surface area contributed by atoms with Crippen LogP contribution in [0.2, 0.25) is 5.02 Å². The smallest absolute Gasteiger partial charge is 0.277 e. The number of nitrogens with one attached hydrogen (secondary N) is 1. The molecular weight excluding hydrogens is 420 g/mol. The molecule has 1 aromatic carbocycles. The number of aliphatic hydroxyl groups is 1. The Kier molecular flexibility index (Phi) is 8.07. The molecule has 1 unspecified atom stereocenters. The number of halogens is 1. The number of nitrogens with zero attached hydrogens (tertiary/aromatic N) is 3. The third-order valence-corrected chi connectivity index (χ3v) is 5.14. The number of anilines is 1. The summed E-state index contributed by atoms with van der Waals surface area (Å²) in [6.45, 7) is 10.8. The van der Waals surface area contributed by atoms with E-state index in [9.17, 15) is 9.90 Å². The Bertz CT molecular complexity index is 842. The Morgan fingerprint density at radius 2 is 1.87 bits per heavy atom. The number of β-amino-alcohol motifs (C(OH)–C–C–N with tert-alkyl or cyclic N) is 1. The Balaban J connectivity index is 1.41. The predicted molar refractivity (Wildman–Crippen MR) is 119 cm³/mol. The first-order valence-corrected chi connectivity index (χ1v) is 10.8. The number of hydrogen-bond donors (Lipinski definition) is 2. The molecular formula is C22H31ClN4O4. The summed E-state index contributed by atoms with van der Waals surface area (Å²) in [7, 11) is 0. The lowest BCUT2D eigenvalue weighted by atomic mass is 10.2. The van der Waals surface area contributed by atoms with Crippen molar-refractivity contribution in [1.82, 2.24) is 14.8 Å². The lowest BCUT2D eigenvalue weighted by Gasteiger charge is -2.35. The fourth-order valence-electron chi connectivity index (χ4n) is 3.23. The molecule has 0 bridgehead atoms. The zero-order chi connectivity index (χ0) is 22.4. The van der Waals surface area contributed by atoms with Crippen molar-refractivity contribution in [3.8, 4) is 0 Å². The number of piperazine rings is 1. The lowest BCUT2D eigenvalue weighted by Crippen LogP contribution is -2.49. The van der Waals surface area contributed by atoms with Gasteiger partial charge in [-0.3, -0.25) is 14.6 Å². The number of hydrogen-bond acceptors (Lipinski definition) is 7. The first kappa shape index (κ1) is 23.7. The Morgan fingerprint density at radius 1 is 1.23 bits per heavy atom. The van der Waals surface area contributed by atoms with E-state index in [4.69, 9.17) is 20.8 Å². The van der Waals surface area contributed by atoms with Crippen LogP contribution in [-0.2, 0) is 11.3 Å². The van der Waals surface area contributed by atoms with E-state index in [-0.39, 0.29) is 17.2 Å². The van der Waals surface area contributed by atoms with Gasteiger partial charge in [-0.25, -0.2) is 4.98 Å². The summed E-state index contributed by atoms with van der Waals surface area (Å²) in [5.41, 5.74) is 0.635. The minimum atomic E-state index is -0.501. The standard InChI is InChI=1S/C22H31ClN4O4/c1-22(2,3)31-14-18(28)12-26-8-10-27(11-9-26)13-20-25-19(15-30-20)21(29)24-17-6-4-16(23)5-7-17/h4-7,15,18,28H,8-14H2,1-3H3,(H,24,29). The monoisotopic (exact) mass is 450 g/mol. The molecule has 1 aliphatic rings. The first-order valence-electron chi connectivity index (χ1n) is 10.5. The van der Waals surface area contributed by atoms with Crippen molar-refractivity contribution in [2.75, 3.05) is 44.6 Å². The fraction of sp³-hybridized carbons (Fsp3) is 0.545. The van der Waals surface area contributed by atoms with E-state index in [1.54, 1.807) is 24.3 Å². The van der Waals surface area contributed by atoms with Gasteiger partial charge in [0.05, 0.1) is 24.9 Å². The largest absolute Gasteiger partial charge is 0.447 e. The number of benzene rings is 1. The van der Waals surface area contributed by atoms with Crippen LogP contribution in [0.15, 0.2) is 34.9 Å². The summed E-state index contributed by atoms with van der Waals surface area (Å²) in [5.74, 6) is 0.182. The van der Waals surface area contributed by atoms with Gasteiger partial charge in [0.15, 0.2) is 5.69 Å². The van der Waals surface area contributed by atoms with Gasteiger partial charge in [-0.2, -0.15) is 0 Å². The maximum absolute atomic E-state index is 12.3. The molecule has 0 saturated carbocycles. The van der Waals surface area contributed by atoms with Crippen molar-refractivity contribution in [2.24, 2.45) is 0 Å². The first-order chi connectivity index (χ1) is 14.7. The highest BCUT2D eigenvalue weighted by molar-refractivity contribution is 6.30. The van der Waals surface area contributed by atoms with Crippen molar-refractivity contribution < 1.29 is 19.1 Å². The second kappa shape index (κ2) is 10.6. The van der Waals surface area contributed by atoms with Gasteiger partial charge in [-0.05, 0) is 45.0 Å². The fourth-order valence-corrected chi connectivity index (χ4v) is 3.36. The van der Waals surface area contributed by atoms with Crippen LogP contribution in [0.4, 0.5) is 5.69 Å². The average Bonchev–Trinajstić information content (AvgIpc) is 3.18. The Morgan fingerprint density at radius 3 is 2.52 bits per heavy atom. The molecule has 1 amide bonds. The summed E-state index contributed by atoms with van der Waals surface area (Å²) in [4.78, 5) is 21.1. The molecule has 9 heteroatoms. The number of rotatable bonds is 8. The van der Waals surface area contributed by atoms with Gasteiger partial charge in [0.1, 0.15) is 6.26 Å². The molecule has 2 aromatic rings. The third kappa shape index (κ3) is 7.90. The van der Waals surface area contributed by atoms with E-state index in [0.29, 0.717) is 36.3 Å². The van der Waals surface area contributed by atoms with Crippen LogP contribution in [0.5, 0.6) is 0 Å². The molecule has 0 spiro atoms. The molecule has 1 fully saturated rings. The number of oxazole rings is 1. The van der Waals surface area contributed by atoms with E-state index in [0.717, 1.165) is 26.2 Å². The highest BCUT2D eigenvalue weighted by Gasteiger charge is 2.22. The van der Waals surface area contributed by atoms with Gasteiger partial charge >= 0.3 is 0 Å². The van der Waals surface area contributed by atoms with Crippen LogP contribution in [0.1, 0.15) is 37.2 Å². The zero-order valence-corrected chi connectivity index (χ0v) is 19.1. The van der Waals surface area contributed by atoms with Crippen LogP contribution in [0.25, 0.3) is 0 Å². The van der Waals surface area contributed by atoms with Crippen molar-refractivity contribution >= 4 is 23.2 Å². The number of carbonyl (C=O) groups is 1. The topological polar surface area (TPSA) is 91.1 Å². The Labute approximate surface area is 188 Å². The van der Waals surface area contributed by atoms with Crippen LogP contribution in [0.3, 0.4) is 0 Å². The third-order valence-electron chi connectivity index (χ3n) is 4.89. The maximum atomic E-state index is 12.3. The number of aromatic nitrogens is 1. The summed E-state index contributed by atoms with van der Waals surface area (Å²) < 4.78 is 11.1. The number of aliphatic hydroxyl groups excluding tert-OH is 1. The molecule has 0 aliphatic carbocycles. The summed E-state index contributed by atoms with van der Waals surface area (Å²) >= 11 is 5.86. The molecule has 3 rings (SSSR count). The molecule has 2 heterocycles. The number of carbonyl (C=O) groups excluding carboxylic acids is 1. The van der Waals surface area contributed by atoms with Crippen molar-refractivity contribution in [2.45, 2.75) is 39.0 Å². The minimum absolute atomic E-state index is 0.241. The lowest BCUT2D eigenvalue weighted by molar-refractivity contribution is -0.0588. The van der Waals surface area contributed by atoms with Gasteiger partial charge in [0.25, 0.3) is 5.91 Å².